The van der Waals surface area contributed by atoms with Crippen LogP contribution >= 0.6 is 0 Å². The Morgan fingerprint density at radius 2 is 1.80 bits per heavy atom. The Morgan fingerprint density at radius 1 is 1.00 bits per heavy atom. The second-order valence-corrected chi connectivity index (χ2v) is 11.8. The van der Waals surface area contributed by atoms with Gasteiger partial charge >= 0.3 is 6.03 Å². The number of sulfonamides is 1. The summed E-state index contributed by atoms with van der Waals surface area (Å²) in [4.78, 5) is 19.1. The number of morpholine rings is 1. The largest absolute Gasteiger partial charge is 0.493 e. The average Bonchev–Trinajstić information content (AvgIpc) is 3.00. The second kappa shape index (κ2) is 14.3. The lowest BCUT2D eigenvalue weighted by Gasteiger charge is -2.26. The summed E-state index contributed by atoms with van der Waals surface area (Å²) in [5, 5.41) is 2.91. The Morgan fingerprint density at radius 3 is 2.55 bits per heavy atom. The number of carbonyl (C=O) groups excluding carboxylic acids is 1. The van der Waals surface area contributed by atoms with E-state index in [0.29, 0.717) is 40.3 Å². The molecule has 11 nitrogen and oxygen atoms in total. The van der Waals surface area contributed by atoms with Crippen molar-refractivity contribution in [2.75, 3.05) is 51.9 Å². The van der Waals surface area contributed by atoms with E-state index in [1.807, 2.05) is 4.72 Å². The van der Waals surface area contributed by atoms with Gasteiger partial charge in [-0.1, -0.05) is 30.3 Å². The molecule has 5 rings (SSSR count). The molecule has 44 heavy (non-hydrogen) atoms. The first-order valence-corrected chi connectivity index (χ1v) is 15.7. The van der Waals surface area contributed by atoms with Gasteiger partial charge in [-0.2, -0.15) is 0 Å². The summed E-state index contributed by atoms with van der Waals surface area (Å²) in [5.74, 6) is 0.0914. The predicted molar refractivity (Wildman–Crippen MR) is 163 cm³/mol. The molecule has 1 aromatic heterocycles. The maximum atomic E-state index is 15.0. The van der Waals surface area contributed by atoms with Gasteiger partial charge in [0.1, 0.15) is 5.75 Å². The number of carbonyl (C=O) groups is 1. The molecule has 13 heteroatoms. The molecule has 2 N–H and O–H groups in total. The minimum Gasteiger partial charge on any atom is -0.493 e. The number of halogens is 1. The molecule has 0 radical (unpaired) electrons. The van der Waals surface area contributed by atoms with Gasteiger partial charge in [0.15, 0.2) is 23.1 Å². The normalized spacial score (nSPS) is 13.8. The molecule has 3 aromatic carbocycles. The van der Waals surface area contributed by atoms with Crippen molar-refractivity contribution in [2.45, 2.75) is 12.2 Å². The molecule has 0 aliphatic carbocycles. The maximum absolute atomic E-state index is 15.0. The molecule has 1 fully saturated rings. The lowest BCUT2D eigenvalue weighted by Crippen LogP contribution is -2.37. The third kappa shape index (κ3) is 8.34. The van der Waals surface area contributed by atoms with Crippen molar-refractivity contribution >= 4 is 32.6 Å². The van der Waals surface area contributed by atoms with Gasteiger partial charge < -0.3 is 24.3 Å². The summed E-state index contributed by atoms with van der Waals surface area (Å²) in [5.41, 5.74) is 1.13. The van der Waals surface area contributed by atoms with Crippen LogP contribution in [0.1, 0.15) is 12.0 Å². The SMILES string of the molecule is COc1cc2c(Oc3ccc(NC(=O)NS(=O)(=O)Cc4ccccc4)cc3F)ccnc2cc1OCCCN1CCOCC1. The molecular formula is C31H33FN4O7S. The number of methoxy groups -OCH3 is 1. The van der Waals surface area contributed by atoms with Gasteiger partial charge in [-0.3, -0.25) is 9.88 Å². The number of benzene rings is 3. The molecule has 0 atom stereocenters. The zero-order valence-corrected chi connectivity index (χ0v) is 24.9. The summed E-state index contributed by atoms with van der Waals surface area (Å²) < 4.78 is 64.5. The number of nitrogens with zero attached hydrogens (tertiary/aromatic N) is 2. The predicted octanol–water partition coefficient (Wildman–Crippen LogP) is 4.93. The number of ether oxygens (including phenoxy) is 4. The summed E-state index contributed by atoms with van der Waals surface area (Å²) in [6.45, 7) is 4.74. The van der Waals surface area contributed by atoms with Gasteiger partial charge in [0.2, 0.25) is 10.0 Å². The van der Waals surface area contributed by atoms with Crippen LogP contribution in [0.3, 0.4) is 0 Å². The van der Waals surface area contributed by atoms with E-state index in [-0.39, 0.29) is 17.2 Å². The maximum Gasteiger partial charge on any atom is 0.332 e. The van der Waals surface area contributed by atoms with Crippen molar-refractivity contribution in [1.82, 2.24) is 14.6 Å². The highest BCUT2D eigenvalue weighted by molar-refractivity contribution is 7.89. The van der Waals surface area contributed by atoms with Crippen LogP contribution in [0.5, 0.6) is 23.0 Å². The first-order chi connectivity index (χ1) is 21.3. The van der Waals surface area contributed by atoms with Crippen molar-refractivity contribution < 1.29 is 36.6 Å². The van der Waals surface area contributed by atoms with E-state index in [1.54, 1.807) is 54.7 Å². The third-order valence-electron chi connectivity index (χ3n) is 6.82. The summed E-state index contributed by atoms with van der Waals surface area (Å²) in [6.07, 6.45) is 2.38. The minimum absolute atomic E-state index is 0.0407. The number of rotatable bonds is 12. The molecule has 0 unspecified atom stereocenters. The molecule has 1 aliphatic rings. The van der Waals surface area contributed by atoms with Gasteiger partial charge in [-0.05, 0) is 36.2 Å². The van der Waals surface area contributed by atoms with Crippen molar-refractivity contribution in [2.24, 2.45) is 0 Å². The second-order valence-electron chi connectivity index (χ2n) is 10.0. The monoisotopic (exact) mass is 624 g/mol. The highest BCUT2D eigenvalue weighted by Gasteiger charge is 2.18. The van der Waals surface area contributed by atoms with Crippen molar-refractivity contribution in [3.05, 3.63) is 84.3 Å². The zero-order chi connectivity index (χ0) is 30.9. The van der Waals surface area contributed by atoms with Crippen molar-refractivity contribution in [3.8, 4) is 23.0 Å². The highest BCUT2D eigenvalue weighted by Crippen LogP contribution is 2.38. The topological polar surface area (TPSA) is 128 Å². The standard InChI is InChI=1S/C31H33FN4O7S/c1-40-29-19-24-26(20-30(29)42-15-5-12-36-13-16-41-17-14-36)33-11-10-27(24)43-28-9-8-23(18-25(28)32)34-31(37)35-44(38,39)21-22-6-3-2-4-7-22/h2-4,6-11,18-20H,5,12-17,21H2,1H3,(H2,34,35,37). The number of hydrogen-bond acceptors (Lipinski definition) is 9. The molecule has 2 amide bonds. The Balaban J connectivity index is 1.22. The number of anilines is 1. The fourth-order valence-electron chi connectivity index (χ4n) is 4.69. The minimum atomic E-state index is -3.97. The van der Waals surface area contributed by atoms with E-state index in [2.05, 4.69) is 15.2 Å². The number of pyridine rings is 1. The van der Waals surface area contributed by atoms with E-state index in [0.717, 1.165) is 45.3 Å². The first-order valence-electron chi connectivity index (χ1n) is 14.0. The molecule has 4 aromatic rings. The van der Waals surface area contributed by atoms with Gasteiger partial charge in [-0.15, -0.1) is 0 Å². The number of aromatic nitrogens is 1. The Bertz CT molecular complexity index is 1700. The lowest BCUT2D eigenvalue weighted by molar-refractivity contribution is 0.0357. The van der Waals surface area contributed by atoms with E-state index in [1.165, 1.54) is 19.2 Å². The number of nitrogens with one attached hydrogen (secondary N) is 2. The number of fused-ring (bicyclic) bond motifs is 1. The van der Waals surface area contributed by atoms with E-state index in [4.69, 9.17) is 18.9 Å². The van der Waals surface area contributed by atoms with E-state index < -0.39 is 21.9 Å². The average molecular weight is 625 g/mol. The Labute approximate surface area is 254 Å². The van der Waals surface area contributed by atoms with Crippen LogP contribution < -0.4 is 24.2 Å². The molecule has 0 saturated carbocycles. The van der Waals surface area contributed by atoms with Crippen LogP contribution in [0, 0.1) is 5.82 Å². The number of hydrogen-bond donors (Lipinski definition) is 2. The molecule has 0 spiro atoms. The van der Waals surface area contributed by atoms with Gasteiger partial charge in [0.05, 0.1) is 38.2 Å². The Hall–Kier alpha value is -4.46. The number of urea groups is 1. The summed E-state index contributed by atoms with van der Waals surface area (Å²) in [6, 6.07) is 16.2. The molecule has 2 heterocycles. The molecular weight excluding hydrogens is 591 g/mol. The fraction of sp³-hybridized carbons (Fsp3) is 0.290. The van der Waals surface area contributed by atoms with Crippen LogP contribution in [-0.2, 0) is 20.5 Å². The van der Waals surface area contributed by atoms with Crippen molar-refractivity contribution in [3.63, 3.8) is 0 Å². The zero-order valence-electron chi connectivity index (χ0n) is 24.1. The molecule has 1 saturated heterocycles. The quantitative estimate of drug-likeness (QED) is 0.211. The van der Waals surface area contributed by atoms with Crippen LogP contribution in [0.2, 0.25) is 0 Å². The van der Waals surface area contributed by atoms with Gasteiger partial charge in [0, 0.05) is 49.0 Å². The van der Waals surface area contributed by atoms with Gasteiger partial charge in [0.25, 0.3) is 0 Å². The van der Waals surface area contributed by atoms with E-state index in [9.17, 15) is 13.2 Å². The fourth-order valence-corrected chi connectivity index (χ4v) is 5.73. The third-order valence-corrected chi connectivity index (χ3v) is 8.03. The smallest absolute Gasteiger partial charge is 0.332 e. The van der Waals surface area contributed by atoms with Gasteiger partial charge in [-0.25, -0.2) is 22.3 Å². The first kappa shape index (κ1) is 31.0. The summed E-state index contributed by atoms with van der Waals surface area (Å²) >= 11 is 0. The highest BCUT2D eigenvalue weighted by atomic mass is 32.2. The van der Waals surface area contributed by atoms with Crippen LogP contribution in [-0.4, -0.2) is 70.9 Å². The molecule has 1 aliphatic heterocycles. The van der Waals surface area contributed by atoms with Crippen LogP contribution in [0.15, 0.2) is 72.9 Å². The lowest BCUT2D eigenvalue weighted by atomic mass is 10.1. The summed E-state index contributed by atoms with van der Waals surface area (Å²) in [7, 11) is -2.43. The number of amides is 2. The van der Waals surface area contributed by atoms with E-state index >= 15 is 4.39 Å². The Kier molecular flexibility index (Phi) is 10.1. The van der Waals surface area contributed by atoms with Crippen LogP contribution in [0.25, 0.3) is 10.9 Å². The van der Waals surface area contributed by atoms with Crippen molar-refractivity contribution in [1.29, 1.82) is 0 Å². The molecule has 0 bridgehead atoms. The molecule has 232 valence electrons. The van der Waals surface area contributed by atoms with Crippen LogP contribution in [0.4, 0.5) is 14.9 Å².